The highest BCUT2D eigenvalue weighted by Crippen LogP contribution is 2.23. The zero-order valence-corrected chi connectivity index (χ0v) is 15.7. The Hall–Kier alpha value is -2.33. The maximum absolute atomic E-state index is 12.6. The number of piperidine rings is 1. The van der Waals surface area contributed by atoms with Gasteiger partial charge in [-0.2, -0.15) is 0 Å². The van der Waals surface area contributed by atoms with Crippen LogP contribution < -0.4 is 10.1 Å². The molecule has 1 saturated heterocycles. The van der Waals surface area contributed by atoms with Crippen LogP contribution in [0, 0.1) is 5.92 Å². The largest absolute Gasteiger partial charge is 0.497 e. The van der Waals surface area contributed by atoms with Gasteiger partial charge in [0, 0.05) is 11.8 Å². The highest BCUT2D eigenvalue weighted by atomic mass is 16.5. The molecule has 1 aliphatic rings. The van der Waals surface area contributed by atoms with E-state index in [2.05, 4.69) is 40.5 Å². The summed E-state index contributed by atoms with van der Waals surface area (Å²) in [5.41, 5.74) is 2.19. The number of rotatable bonds is 6. The zero-order valence-electron chi connectivity index (χ0n) is 15.7. The number of carbonyl (C=O) groups excluding carboxylic acids is 1. The molecule has 0 spiro atoms. The van der Waals surface area contributed by atoms with Gasteiger partial charge in [-0.3, -0.25) is 9.69 Å². The summed E-state index contributed by atoms with van der Waals surface area (Å²) in [6.07, 6.45) is 3.43. The summed E-state index contributed by atoms with van der Waals surface area (Å²) < 4.78 is 5.21. The fourth-order valence-electron chi connectivity index (χ4n) is 3.61. The van der Waals surface area contributed by atoms with Crippen LogP contribution >= 0.6 is 0 Å². The van der Waals surface area contributed by atoms with Gasteiger partial charge in [-0.15, -0.1) is 0 Å². The van der Waals surface area contributed by atoms with Gasteiger partial charge < -0.3 is 10.1 Å². The summed E-state index contributed by atoms with van der Waals surface area (Å²) in [4.78, 5) is 14.9. The molecule has 2 aromatic rings. The Kier molecular flexibility index (Phi) is 6.29. The average Bonchev–Trinajstić information content (AvgIpc) is 2.69. The minimum atomic E-state index is -0.126. The molecular weight excluding hydrogens is 324 g/mol. The first-order chi connectivity index (χ1) is 12.7. The number of methoxy groups -OCH3 is 1. The zero-order chi connectivity index (χ0) is 18.4. The third-order valence-electron chi connectivity index (χ3n) is 5.28. The molecule has 1 heterocycles. The van der Waals surface area contributed by atoms with Crippen LogP contribution in [0.4, 0.5) is 5.69 Å². The lowest BCUT2D eigenvalue weighted by Gasteiger charge is -2.35. The van der Waals surface area contributed by atoms with E-state index in [9.17, 15) is 4.79 Å². The Balaban J connectivity index is 1.49. The van der Waals surface area contributed by atoms with Crippen molar-refractivity contribution >= 4 is 11.6 Å². The van der Waals surface area contributed by atoms with Gasteiger partial charge in [0.2, 0.25) is 5.91 Å². The molecule has 4 nitrogen and oxygen atoms in total. The second kappa shape index (κ2) is 8.86. The second-order valence-electron chi connectivity index (χ2n) is 7.07. The molecule has 3 rings (SSSR count). The lowest BCUT2D eigenvalue weighted by Crippen LogP contribution is -2.46. The van der Waals surface area contributed by atoms with Crippen LogP contribution in [0.15, 0.2) is 54.6 Å². The van der Waals surface area contributed by atoms with Gasteiger partial charge in [0.1, 0.15) is 5.75 Å². The summed E-state index contributed by atoms with van der Waals surface area (Å²) in [5, 5.41) is 3.00. The van der Waals surface area contributed by atoms with Crippen LogP contribution in [0.2, 0.25) is 0 Å². The van der Waals surface area contributed by atoms with E-state index in [1.165, 1.54) is 5.56 Å². The predicted molar refractivity (Wildman–Crippen MR) is 106 cm³/mol. The Morgan fingerprint density at radius 3 is 2.58 bits per heavy atom. The van der Waals surface area contributed by atoms with E-state index in [1.807, 2.05) is 31.2 Å². The van der Waals surface area contributed by atoms with Crippen LogP contribution in [0.1, 0.15) is 25.3 Å². The van der Waals surface area contributed by atoms with Crippen molar-refractivity contribution in [2.45, 2.75) is 32.2 Å². The Bertz CT molecular complexity index is 709. The third kappa shape index (κ3) is 4.85. The van der Waals surface area contributed by atoms with E-state index >= 15 is 0 Å². The van der Waals surface area contributed by atoms with Crippen LogP contribution in [0.5, 0.6) is 5.75 Å². The van der Waals surface area contributed by atoms with Gasteiger partial charge in [-0.05, 0) is 62.9 Å². The Labute approximate surface area is 156 Å². The molecule has 1 aliphatic heterocycles. The van der Waals surface area contributed by atoms with Crippen LogP contribution in [0.25, 0.3) is 0 Å². The molecule has 1 atom stereocenters. The molecule has 0 aromatic heterocycles. The first-order valence-corrected chi connectivity index (χ1v) is 9.38. The summed E-state index contributed by atoms with van der Waals surface area (Å²) in [5.74, 6) is 1.50. The molecule has 0 unspecified atom stereocenters. The number of hydrogen-bond donors (Lipinski definition) is 1. The van der Waals surface area contributed by atoms with Gasteiger partial charge in [0.15, 0.2) is 0 Å². The highest BCUT2D eigenvalue weighted by molar-refractivity contribution is 5.94. The average molecular weight is 352 g/mol. The van der Waals surface area contributed by atoms with E-state index in [0.717, 1.165) is 43.8 Å². The molecule has 1 amide bonds. The SMILES string of the molecule is COc1cccc(NC(=O)[C@H](C)N2CCC(Cc3ccccc3)CC2)c1. The van der Waals surface area contributed by atoms with Crippen LogP contribution in [0.3, 0.4) is 0 Å². The highest BCUT2D eigenvalue weighted by Gasteiger charge is 2.26. The first-order valence-electron chi connectivity index (χ1n) is 9.38. The normalized spacial score (nSPS) is 16.8. The molecule has 0 aliphatic carbocycles. The maximum Gasteiger partial charge on any atom is 0.241 e. The second-order valence-corrected chi connectivity index (χ2v) is 7.07. The first kappa shape index (κ1) is 18.5. The molecular formula is C22H28N2O2. The summed E-state index contributed by atoms with van der Waals surface area (Å²) in [7, 11) is 1.63. The smallest absolute Gasteiger partial charge is 0.241 e. The summed E-state index contributed by atoms with van der Waals surface area (Å²) >= 11 is 0. The number of hydrogen-bond acceptors (Lipinski definition) is 3. The lowest BCUT2D eigenvalue weighted by molar-refractivity contribution is -0.121. The van der Waals surface area contributed by atoms with Crippen molar-refractivity contribution in [3.8, 4) is 5.75 Å². The molecule has 0 bridgehead atoms. The quantitative estimate of drug-likeness (QED) is 0.855. The van der Waals surface area contributed by atoms with Crippen molar-refractivity contribution in [3.63, 3.8) is 0 Å². The van der Waals surface area contributed by atoms with Crippen LogP contribution in [-0.4, -0.2) is 37.0 Å². The molecule has 4 heteroatoms. The van der Waals surface area contributed by atoms with Gasteiger partial charge >= 0.3 is 0 Å². The molecule has 2 aromatic carbocycles. The van der Waals surface area contributed by atoms with Crippen molar-refractivity contribution in [2.24, 2.45) is 5.92 Å². The molecule has 26 heavy (non-hydrogen) atoms. The number of benzene rings is 2. The minimum absolute atomic E-state index is 0.0414. The number of ether oxygens (including phenoxy) is 1. The topological polar surface area (TPSA) is 41.6 Å². The number of nitrogens with zero attached hydrogens (tertiary/aromatic N) is 1. The fraction of sp³-hybridized carbons (Fsp3) is 0.409. The van der Waals surface area contributed by atoms with E-state index < -0.39 is 0 Å². The van der Waals surface area contributed by atoms with Gasteiger partial charge in [-0.25, -0.2) is 0 Å². The van der Waals surface area contributed by atoms with E-state index in [1.54, 1.807) is 7.11 Å². The van der Waals surface area contributed by atoms with Crippen LogP contribution in [-0.2, 0) is 11.2 Å². The molecule has 1 fully saturated rings. The predicted octanol–water partition coefficient (Wildman–Crippen LogP) is 3.98. The molecule has 138 valence electrons. The number of nitrogens with one attached hydrogen (secondary N) is 1. The number of likely N-dealkylation sites (tertiary alicyclic amines) is 1. The standard InChI is InChI=1S/C22H28N2O2/c1-17(22(25)23-20-9-6-10-21(16-20)26-2)24-13-11-19(12-14-24)15-18-7-4-3-5-8-18/h3-10,16-17,19H,11-15H2,1-2H3,(H,23,25)/t17-/m0/s1. The summed E-state index contributed by atoms with van der Waals surface area (Å²) in [6.45, 7) is 3.95. The van der Waals surface area contributed by atoms with E-state index in [4.69, 9.17) is 4.74 Å². The monoisotopic (exact) mass is 352 g/mol. The number of carbonyl (C=O) groups is 1. The van der Waals surface area contributed by atoms with E-state index in [-0.39, 0.29) is 11.9 Å². The summed E-state index contributed by atoms with van der Waals surface area (Å²) in [6, 6.07) is 18.0. The fourth-order valence-corrected chi connectivity index (χ4v) is 3.61. The number of amides is 1. The van der Waals surface area contributed by atoms with Gasteiger partial charge in [0.05, 0.1) is 13.2 Å². The van der Waals surface area contributed by atoms with Gasteiger partial charge in [-0.1, -0.05) is 36.4 Å². The van der Waals surface area contributed by atoms with E-state index in [0.29, 0.717) is 5.92 Å². The molecule has 0 saturated carbocycles. The van der Waals surface area contributed by atoms with Crippen molar-refractivity contribution in [1.29, 1.82) is 0 Å². The lowest BCUT2D eigenvalue weighted by atomic mass is 9.89. The maximum atomic E-state index is 12.6. The molecule has 0 radical (unpaired) electrons. The Morgan fingerprint density at radius 1 is 1.15 bits per heavy atom. The minimum Gasteiger partial charge on any atom is -0.497 e. The van der Waals surface area contributed by atoms with Crippen molar-refractivity contribution in [2.75, 3.05) is 25.5 Å². The van der Waals surface area contributed by atoms with Crippen molar-refractivity contribution in [3.05, 3.63) is 60.2 Å². The molecule has 1 N–H and O–H groups in total. The number of anilines is 1. The van der Waals surface area contributed by atoms with Gasteiger partial charge in [0.25, 0.3) is 0 Å². The third-order valence-corrected chi connectivity index (χ3v) is 5.28. The van der Waals surface area contributed by atoms with Crippen molar-refractivity contribution < 1.29 is 9.53 Å². The van der Waals surface area contributed by atoms with Crippen molar-refractivity contribution in [1.82, 2.24) is 4.90 Å². The Morgan fingerprint density at radius 2 is 1.88 bits per heavy atom.